The van der Waals surface area contributed by atoms with Gasteiger partial charge in [-0.2, -0.15) is 0 Å². The molecule has 34 heavy (non-hydrogen) atoms. The monoisotopic (exact) mass is 495 g/mol. The van der Waals surface area contributed by atoms with Gasteiger partial charge < -0.3 is 15.5 Å². The number of carbonyl (C=O) groups excluding carboxylic acids is 2. The number of rotatable bonds is 7. The van der Waals surface area contributed by atoms with Crippen molar-refractivity contribution in [2.24, 2.45) is 5.92 Å². The van der Waals surface area contributed by atoms with Crippen LogP contribution < -0.4 is 16.1 Å². The molecule has 176 valence electrons. The number of hydrogen-bond donors (Lipinski definition) is 2. The SMILES string of the molecule is [B]c1ccc(C[C@@H](NC(=O)C2(c3ccc(Cl)cc3Cl)CC2)C(=O)NC2CN3CCC2CC3)cc1. The molecule has 5 nitrogen and oxygen atoms in total. The Bertz CT molecular complexity index is 1080. The summed E-state index contributed by atoms with van der Waals surface area (Å²) >= 11 is 12.5. The van der Waals surface area contributed by atoms with Crippen LogP contribution in [-0.4, -0.2) is 56.3 Å². The molecule has 0 spiro atoms. The van der Waals surface area contributed by atoms with Crippen LogP contribution >= 0.6 is 23.2 Å². The third kappa shape index (κ3) is 4.86. The van der Waals surface area contributed by atoms with Crippen molar-refractivity contribution >= 4 is 48.3 Å². The van der Waals surface area contributed by atoms with Crippen molar-refractivity contribution in [3.8, 4) is 0 Å². The summed E-state index contributed by atoms with van der Waals surface area (Å²) in [6.07, 6.45) is 3.99. The fourth-order valence-electron chi connectivity index (χ4n) is 5.43. The number of nitrogens with zero attached hydrogens (tertiary/aromatic N) is 1. The molecular weight excluding hydrogens is 468 g/mol. The van der Waals surface area contributed by atoms with Gasteiger partial charge in [-0.15, -0.1) is 0 Å². The molecule has 4 fully saturated rings. The average molecular weight is 496 g/mol. The normalized spacial score (nSPS) is 25.4. The van der Waals surface area contributed by atoms with Gasteiger partial charge in [0, 0.05) is 29.1 Å². The number of nitrogens with one attached hydrogen (secondary N) is 2. The van der Waals surface area contributed by atoms with Crippen LogP contribution in [0.1, 0.15) is 36.8 Å². The van der Waals surface area contributed by atoms with Crippen molar-refractivity contribution in [2.75, 3.05) is 19.6 Å². The Morgan fingerprint density at radius 2 is 1.79 bits per heavy atom. The van der Waals surface area contributed by atoms with Gasteiger partial charge in [0.2, 0.25) is 11.8 Å². The zero-order chi connectivity index (χ0) is 23.9. The highest BCUT2D eigenvalue weighted by Gasteiger charge is 2.53. The van der Waals surface area contributed by atoms with E-state index in [4.69, 9.17) is 31.0 Å². The van der Waals surface area contributed by atoms with E-state index in [0.29, 0.717) is 40.7 Å². The topological polar surface area (TPSA) is 61.4 Å². The first-order valence-electron chi connectivity index (χ1n) is 12.0. The summed E-state index contributed by atoms with van der Waals surface area (Å²) in [5.41, 5.74) is 1.66. The predicted octanol–water partition coefficient (Wildman–Crippen LogP) is 2.76. The summed E-state index contributed by atoms with van der Waals surface area (Å²) in [6, 6.07) is 12.1. The highest BCUT2D eigenvalue weighted by Crippen LogP contribution is 2.51. The minimum atomic E-state index is -0.711. The van der Waals surface area contributed by atoms with Crippen LogP contribution in [0.15, 0.2) is 42.5 Å². The largest absolute Gasteiger partial charge is 0.350 e. The number of benzene rings is 2. The quantitative estimate of drug-likeness (QED) is 0.580. The third-order valence-corrected chi connectivity index (χ3v) is 8.20. The molecule has 3 aliphatic heterocycles. The van der Waals surface area contributed by atoms with Gasteiger partial charge in [-0.05, 0) is 68.0 Å². The second kappa shape index (κ2) is 9.56. The molecule has 3 heterocycles. The van der Waals surface area contributed by atoms with Crippen LogP contribution in [0.5, 0.6) is 0 Å². The Labute approximate surface area is 212 Å². The minimum absolute atomic E-state index is 0.126. The zero-order valence-corrected chi connectivity index (χ0v) is 20.5. The Morgan fingerprint density at radius 1 is 1.09 bits per heavy atom. The third-order valence-electron chi connectivity index (χ3n) is 7.66. The van der Waals surface area contributed by atoms with Crippen LogP contribution in [0.25, 0.3) is 0 Å². The molecule has 2 atom stereocenters. The van der Waals surface area contributed by atoms with Gasteiger partial charge in [0.25, 0.3) is 0 Å². The molecule has 6 rings (SSSR count). The summed E-state index contributed by atoms with van der Waals surface area (Å²) in [5, 5.41) is 7.33. The Hall–Kier alpha value is -2.02. The van der Waals surface area contributed by atoms with Gasteiger partial charge in [-0.3, -0.25) is 9.59 Å². The molecule has 1 saturated carbocycles. The first kappa shape index (κ1) is 23.7. The maximum atomic E-state index is 13.5. The number of halogens is 2. The van der Waals surface area contributed by atoms with Gasteiger partial charge in [0.15, 0.2) is 0 Å². The van der Waals surface area contributed by atoms with Crippen molar-refractivity contribution < 1.29 is 9.59 Å². The highest BCUT2D eigenvalue weighted by molar-refractivity contribution is 6.35. The molecule has 4 aliphatic rings. The van der Waals surface area contributed by atoms with Crippen LogP contribution in [0, 0.1) is 5.92 Å². The molecule has 2 N–H and O–H groups in total. The fourth-order valence-corrected chi connectivity index (χ4v) is 6.02. The minimum Gasteiger partial charge on any atom is -0.350 e. The van der Waals surface area contributed by atoms with E-state index in [9.17, 15) is 9.59 Å². The van der Waals surface area contributed by atoms with Crippen molar-refractivity contribution in [1.29, 1.82) is 0 Å². The Balaban J connectivity index is 1.35. The molecule has 2 bridgehead atoms. The lowest BCUT2D eigenvalue weighted by atomic mass is 9.84. The number of carbonyl (C=O) groups is 2. The fraction of sp³-hybridized carbons (Fsp3) is 0.462. The van der Waals surface area contributed by atoms with Crippen LogP contribution in [0.2, 0.25) is 10.0 Å². The van der Waals surface area contributed by atoms with E-state index in [0.717, 1.165) is 43.6 Å². The van der Waals surface area contributed by atoms with Gasteiger partial charge in [-0.1, -0.05) is 59.0 Å². The van der Waals surface area contributed by atoms with E-state index in [1.54, 1.807) is 12.1 Å². The first-order chi connectivity index (χ1) is 16.3. The predicted molar refractivity (Wildman–Crippen MR) is 136 cm³/mol. The number of hydrogen-bond acceptors (Lipinski definition) is 3. The van der Waals surface area contributed by atoms with E-state index in [-0.39, 0.29) is 17.9 Å². The lowest BCUT2D eigenvalue weighted by Gasteiger charge is -2.45. The van der Waals surface area contributed by atoms with Gasteiger partial charge >= 0.3 is 0 Å². The van der Waals surface area contributed by atoms with E-state index < -0.39 is 11.5 Å². The van der Waals surface area contributed by atoms with E-state index in [1.807, 2.05) is 30.3 Å². The average Bonchev–Trinajstić information content (AvgIpc) is 3.62. The lowest BCUT2D eigenvalue weighted by molar-refractivity contribution is -0.131. The summed E-state index contributed by atoms with van der Waals surface area (Å²) in [6.45, 7) is 3.09. The van der Waals surface area contributed by atoms with Crippen LogP contribution in [0.3, 0.4) is 0 Å². The summed E-state index contributed by atoms with van der Waals surface area (Å²) in [7, 11) is 5.84. The zero-order valence-electron chi connectivity index (χ0n) is 19.0. The Kier molecular flexibility index (Phi) is 6.67. The van der Waals surface area contributed by atoms with Crippen LogP contribution in [-0.2, 0) is 21.4 Å². The number of fused-ring (bicyclic) bond motifs is 3. The van der Waals surface area contributed by atoms with Gasteiger partial charge in [0.05, 0.1) is 5.41 Å². The van der Waals surface area contributed by atoms with E-state index in [2.05, 4.69) is 15.5 Å². The highest BCUT2D eigenvalue weighted by atomic mass is 35.5. The molecule has 1 aliphatic carbocycles. The molecule has 2 radical (unpaired) electrons. The lowest BCUT2D eigenvalue weighted by Crippen LogP contribution is -2.60. The molecule has 3 saturated heterocycles. The van der Waals surface area contributed by atoms with Crippen molar-refractivity contribution in [2.45, 2.75) is 49.6 Å². The van der Waals surface area contributed by atoms with E-state index >= 15 is 0 Å². The molecular formula is C26H28BCl2N3O2. The molecule has 2 aromatic carbocycles. The van der Waals surface area contributed by atoms with Crippen molar-refractivity contribution in [1.82, 2.24) is 15.5 Å². The summed E-state index contributed by atoms with van der Waals surface area (Å²) < 4.78 is 0. The second-order valence-electron chi connectivity index (χ2n) is 9.93. The van der Waals surface area contributed by atoms with Crippen LogP contribution in [0.4, 0.5) is 0 Å². The molecule has 2 amide bonds. The maximum Gasteiger partial charge on any atom is 0.243 e. The van der Waals surface area contributed by atoms with Gasteiger partial charge in [0.1, 0.15) is 13.9 Å². The molecule has 0 aromatic heterocycles. The maximum absolute atomic E-state index is 13.5. The summed E-state index contributed by atoms with van der Waals surface area (Å²) in [5.74, 6) is 0.202. The summed E-state index contributed by atoms with van der Waals surface area (Å²) in [4.78, 5) is 29.4. The Morgan fingerprint density at radius 3 is 2.38 bits per heavy atom. The molecule has 8 heteroatoms. The smallest absolute Gasteiger partial charge is 0.243 e. The number of amides is 2. The molecule has 1 unspecified atom stereocenters. The van der Waals surface area contributed by atoms with Crippen molar-refractivity contribution in [3.05, 3.63) is 63.6 Å². The molecule has 2 aromatic rings. The number of piperidine rings is 3. The standard InChI is InChI=1S/C26H28BCl2N3O2/c27-18-3-1-16(2-4-18)13-22(24(33)30-23-15-32-11-7-17(23)8-12-32)31-25(34)26(9-10-26)20-6-5-19(28)14-21(20)29/h1-6,14,17,22-23H,7-13,15H2,(H,30,33)(H,31,34)/t22-,23?/m1/s1. The van der Waals surface area contributed by atoms with Crippen molar-refractivity contribution in [3.63, 3.8) is 0 Å². The first-order valence-corrected chi connectivity index (χ1v) is 12.7. The van der Waals surface area contributed by atoms with E-state index in [1.165, 1.54) is 0 Å². The van der Waals surface area contributed by atoms with Gasteiger partial charge in [-0.25, -0.2) is 0 Å². The second-order valence-corrected chi connectivity index (χ2v) is 10.8.